The monoisotopic (exact) mass is 443 g/mol. The molecule has 8 nitrogen and oxygen atoms in total. The molecule has 1 atom stereocenters. The van der Waals surface area contributed by atoms with Gasteiger partial charge in [0, 0.05) is 18.5 Å². The molecule has 4 rings (SSSR count). The molecule has 1 aliphatic carbocycles. The first-order valence-corrected chi connectivity index (χ1v) is 11.2. The van der Waals surface area contributed by atoms with Crippen LogP contribution in [0.3, 0.4) is 0 Å². The third-order valence-corrected chi connectivity index (χ3v) is 6.53. The molecule has 0 saturated heterocycles. The first-order chi connectivity index (χ1) is 15.1. The van der Waals surface area contributed by atoms with Crippen LogP contribution in [0.4, 0.5) is 10.7 Å². The molecule has 0 spiro atoms. The smallest absolute Gasteiger partial charge is 0.266 e. The fourth-order valence-electron chi connectivity index (χ4n) is 3.82. The summed E-state index contributed by atoms with van der Waals surface area (Å²) in [4.78, 5) is 39.1. The molecule has 1 aromatic carbocycles. The Morgan fingerprint density at radius 1 is 1.26 bits per heavy atom. The van der Waals surface area contributed by atoms with Crippen LogP contribution in [0.25, 0.3) is 0 Å². The van der Waals surface area contributed by atoms with E-state index in [1.54, 1.807) is 31.4 Å². The number of carbonyl (C=O) groups excluding carboxylic acids is 3. The molecule has 2 aliphatic rings. The quantitative estimate of drug-likeness (QED) is 0.571. The topological polar surface area (TPSA) is 106 Å². The van der Waals surface area contributed by atoms with Crippen molar-refractivity contribution < 1.29 is 23.9 Å². The summed E-state index contributed by atoms with van der Waals surface area (Å²) < 4.78 is 10.7. The van der Waals surface area contributed by atoms with Crippen molar-refractivity contribution in [1.29, 1.82) is 0 Å². The van der Waals surface area contributed by atoms with E-state index < -0.39 is 6.10 Å². The largest absolute Gasteiger partial charge is 0.478 e. The van der Waals surface area contributed by atoms with Crippen LogP contribution in [-0.4, -0.2) is 44.1 Å². The molecule has 1 aromatic heterocycles. The van der Waals surface area contributed by atoms with Crippen LogP contribution in [0.15, 0.2) is 24.3 Å². The number of benzene rings is 1. The van der Waals surface area contributed by atoms with Crippen molar-refractivity contribution >= 4 is 39.7 Å². The van der Waals surface area contributed by atoms with Gasteiger partial charge in [0.1, 0.15) is 10.8 Å². The van der Waals surface area contributed by atoms with Gasteiger partial charge in [0.25, 0.3) is 11.8 Å². The molecule has 1 aliphatic heterocycles. The number of anilines is 2. The van der Waals surface area contributed by atoms with Gasteiger partial charge >= 0.3 is 0 Å². The number of ether oxygens (including phenoxy) is 2. The molecule has 0 bridgehead atoms. The maximum atomic E-state index is 12.8. The van der Waals surface area contributed by atoms with E-state index in [4.69, 9.17) is 9.47 Å². The minimum absolute atomic E-state index is 0.145. The minimum Gasteiger partial charge on any atom is -0.478 e. The zero-order valence-corrected chi connectivity index (χ0v) is 18.1. The highest BCUT2D eigenvalue weighted by Gasteiger charge is 2.31. The average molecular weight is 444 g/mol. The van der Waals surface area contributed by atoms with Crippen LogP contribution < -0.4 is 20.7 Å². The van der Waals surface area contributed by atoms with E-state index in [0.29, 0.717) is 35.2 Å². The maximum Gasteiger partial charge on any atom is 0.266 e. The lowest BCUT2D eigenvalue weighted by Gasteiger charge is -2.25. The van der Waals surface area contributed by atoms with Crippen molar-refractivity contribution in [3.05, 3.63) is 40.3 Å². The second-order valence-electron chi connectivity index (χ2n) is 7.51. The summed E-state index contributed by atoms with van der Waals surface area (Å²) in [5.41, 5.74) is 2.13. The molecule has 2 aromatic rings. The fraction of sp³-hybridized carbons (Fsp3) is 0.409. The summed E-state index contributed by atoms with van der Waals surface area (Å²) in [5.74, 6) is -0.419. The number of methoxy groups -OCH3 is 1. The number of nitrogens with one attached hydrogen (secondary N) is 3. The molecule has 3 amide bonds. The molecular formula is C22H25N3O5S. The highest BCUT2D eigenvalue weighted by Crippen LogP contribution is 2.38. The zero-order valence-electron chi connectivity index (χ0n) is 17.3. The van der Waals surface area contributed by atoms with E-state index in [0.717, 1.165) is 36.1 Å². The van der Waals surface area contributed by atoms with Gasteiger partial charge in [0.05, 0.1) is 24.3 Å². The Morgan fingerprint density at radius 2 is 2.06 bits per heavy atom. The van der Waals surface area contributed by atoms with Crippen LogP contribution in [-0.2, 0) is 27.2 Å². The number of fused-ring (bicyclic) bond motifs is 2. The van der Waals surface area contributed by atoms with E-state index in [2.05, 4.69) is 16.0 Å². The normalized spacial score (nSPS) is 17.1. The van der Waals surface area contributed by atoms with E-state index >= 15 is 0 Å². The number of carbonyl (C=O) groups is 3. The number of hydrogen-bond acceptors (Lipinski definition) is 6. The van der Waals surface area contributed by atoms with Gasteiger partial charge in [-0.1, -0.05) is 12.1 Å². The summed E-state index contributed by atoms with van der Waals surface area (Å²) in [6, 6.07) is 7.09. The third kappa shape index (κ3) is 4.72. The average Bonchev–Trinajstić information content (AvgIpc) is 3.12. The molecule has 164 valence electrons. The first-order valence-electron chi connectivity index (χ1n) is 10.3. The summed E-state index contributed by atoms with van der Waals surface area (Å²) in [7, 11) is 1.58. The minimum atomic E-state index is -0.927. The van der Waals surface area contributed by atoms with Crippen molar-refractivity contribution in [2.45, 2.75) is 38.2 Å². The molecule has 1 unspecified atom stereocenters. The van der Waals surface area contributed by atoms with Crippen molar-refractivity contribution in [3.63, 3.8) is 0 Å². The summed E-state index contributed by atoms with van der Waals surface area (Å²) in [5, 5.41) is 9.00. The molecule has 0 radical (unpaired) electrons. The highest BCUT2D eigenvalue weighted by molar-refractivity contribution is 7.17. The van der Waals surface area contributed by atoms with Gasteiger partial charge in [-0.3, -0.25) is 14.4 Å². The van der Waals surface area contributed by atoms with Gasteiger partial charge in [0.2, 0.25) is 5.91 Å². The van der Waals surface area contributed by atoms with Crippen LogP contribution in [0.2, 0.25) is 0 Å². The van der Waals surface area contributed by atoms with Crippen LogP contribution >= 0.6 is 11.3 Å². The molecule has 3 N–H and O–H groups in total. The van der Waals surface area contributed by atoms with E-state index in [1.165, 1.54) is 11.3 Å². The standard InChI is InChI=1S/C22H25N3O5S/c1-29-11-10-23-21(28)19-13-6-2-5-9-17(13)31-22(19)25-18(26)12-16-20(27)24-14-7-3-4-8-15(14)30-16/h3-4,7-8,16H,2,5-6,9-12H2,1H3,(H,23,28)(H,24,27)(H,25,26). The number of rotatable bonds is 7. The number of amides is 3. The zero-order chi connectivity index (χ0) is 21.8. The SMILES string of the molecule is COCCNC(=O)c1c(NC(=O)CC2Oc3ccccc3NC2=O)sc2c1CCCC2. The Bertz CT molecular complexity index is 1000. The summed E-state index contributed by atoms with van der Waals surface area (Å²) in [6.07, 6.45) is 2.74. The molecule has 31 heavy (non-hydrogen) atoms. The molecule has 0 fully saturated rings. The lowest BCUT2D eigenvalue weighted by molar-refractivity contribution is -0.128. The predicted molar refractivity (Wildman–Crippen MR) is 118 cm³/mol. The van der Waals surface area contributed by atoms with Gasteiger partial charge in [-0.25, -0.2) is 0 Å². The first kappa shape index (κ1) is 21.3. The second kappa shape index (κ2) is 9.49. The van der Waals surface area contributed by atoms with Gasteiger partial charge in [0.15, 0.2) is 6.10 Å². The Kier molecular flexibility index (Phi) is 6.53. The highest BCUT2D eigenvalue weighted by atomic mass is 32.1. The molecular weight excluding hydrogens is 418 g/mol. The Hall–Kier alpha value is -2.91. The number of para-hydroxylation sites is 2. The number of thiophene rings is 1. The Morgan fingerprint density at radius 3 is 2.90 bits per heavy atom. The van der Waals surface area contributed by atoms with Crippen LogP contribution in [0.5, 0.6) is 5.75 Å². The van der Waals surface area contributed by atoms with Gasteiger partial charge < -0.3 is 25.4 Å². The van der Waals surface area contributed by atoms with E-state index in [-0.39, 0.29) is 24.1 Å². The summed E-state index contributed by atoms with van der Waals surface area (Å²) >= 11 is 1.44. The lowest BCUT2D eigenvalue weighted by Crippen LogP contribution is -2.39. The molecule has 9 heteroatoms. The van der Waals surface area contributed by atoms with Gasteiger partial charge in [-0.15, -0.1) is 11.3 Å². The summed E-state index contributed by atoms with van der Waals surface area (Å²) in [6.45, 7) is 0.804. The van der Waals surface area contributed by atoms with Gasteiger partial charge in [-0.2, -0.15) is 0 Å². The molecule has 2 heterocycles. The van der Waals surface area contributed by atoms with E-state index in [1.807, 2.05) is 0 Å². The Balaban J connectivity index is 1.48. The lowest BCUT2D eigenvalue weighted by atomic mass is 9.95. The Labute approximate surface area is 184 Å². The van der Waals surface area contributed by atoms with Crippen LogP contribution in [0, 0.1) is 0 Å². The number of aryl methyl sites for hydroxylation is 1. The predicted octanol–water partition coefficient (Wildman–Crippen LogP) is 2.73. The van der Waals surface area contributed by atoms with Gasteiger partial charge in [-0.05, 0) is 43.4 Å². The third-order valence-electron chi connectivity index (χ3n) is 5.32. The van der Waals surface area contributed by atoms with Crippen molar-refractivity contribution in [1.82, 2.24) is 5.32 Å². The number of hydrogen-bond donors (Lipinski definition) is 3. The van der Waals surface area contributed by atoms with E-state index in [9.17, 15) is 14.4 Å². The van der Waals surface area contributed by atoms with Crippen molar-refractivity contribution in [3.8, 4) is 5.75 Å². The fourth-order valence-corrected chi connectivity index (χ4v) is 5.13. The van der Waals surface area contributed by atoms with Crippen molar-refractivity contribution in [2.24, 2.45) is 0 Å². The second-order valence-corrected chi connectivity index (χ2v) is 8.61. The van der Waals surface area contributed by atoms with Crippen molar-refractivity contribution in [2.75, 3.05) is 30.9 Å². The maximum absolute atomic E-state index is 12.8. The van der Waals surface area contributed by atoms with Crippen LogP contribution in [0.1, 0.15) is 40.1 Å². The molecule has 0 saturated carbocycles.